The monoisotopic (exact) mass is 265 g/mol. The third-order valence-corrected chi connectivity index (χ3v) is 2.81. The first-order valence-corrected chi connectivity index (χ1v) is 6.84. The molecular formula is C15H23NO3. The average molecular weight is 265 g/mol. The van der Waals surface area contributed by atoms with E-state index in [-0.39, 0.29) is 12.5 Å². The van der Waals surface area contributed by atoms with E-state index in [1.807, 2.05) is 30.3 Å². The molecule has 0 heterocycles. The van der Waals surface area contributed by atoms with Crippen LogP contribution in [0.1, 0.15) is 32.6 Å². The summed E-state index contributed by atoms with van der Waals surface area (Å²) in [4.78, 5) is 11.8. The summed E-state index contributed by atoms with van der Waals surface area (Å²) in [5, 5.41) is 11.5. The van der Waals surface area contributed by atoms with Crippen molar-refractivity contribution in [1.29, 1.82) is 0 Å². The second kappa shape index (κ2) is 9.39. The molecule has 106 valence electrons. The van der Waals surface area contributed by atoms with E-state index in [2.05, 4.69) is 5.32 Å². The summed E-state index contributed by atoms with van der Waals surface area (Å²) in [6.07, 6.45) is 3.31. The molecule has 1 aromatic carbocycles. The molecular weight excluding hydrogens is 242 g/mol. The van der Waals surface area contributed by atoms with Gasteiger partial charge in [0.1, 0.15) is 5.75 Å². The Bertz CT molecular complexity index is 354. The van der Waals surface area contributed by atoms with Gasteiger partial charge in [0.05, 0.1) is 0 Å². The minimum absolute atomic E-state index is 0.0917. The molecule has 1 rings (SSSR count). The van der Waals surface area contributed by atoms with Crippen molar-refractivity contribution in [3.63, 3.8) is 0 Å². The zero-order valence-corrected chi connectivity index (χ0v) is 11.5. The summed E-state index contributed by atoms with van der Waals surface area (Å²) in [5.41, 5.74) is 0. The number of carbonyl (C=O) groups excluding carboxylic acids is 1. The van der Waals surface area contributed by atoms with E-state index in [0.29, 0.717) is 12.3 Å². The molecule has 0 saturated carbocycles. The smallest absolute Gasteiger partial charge is 0.260 e. The van der Waals surface area contributed by atoms with Gasteiger partial charge in [0.25, 0.3) is 5.91 Å². The zero-order valence-electron chi connectivity index (χ0n) is 11.5. The third kappa shape index (κ3) is 6.82. The number of aliphatic hydroxyl groups excluding tert-OH is 1. The van der Waals surface area contributed by atoms with Crippen LogP contribution in [0, 0.1) is 0 Å². The molecule has 19 heavy (non-hydrogen) atoms. The van der Waals surface area contributed by atoms with Gasteiger partial charge in [-0.25, -0.2) is 0 Å². The van der Waals surface area contributed by atoms with E-state index in [4.69, 9.17) is 9.84 Å². The summed E-state index contributed by atoms with van der Waals surface area (Å²) < 4.78 is 5.53. The van der Waals surface area contributed by atoms with Gasteiger partial charge in [0.15, 0.2) is 6.10 Å². The van der Waals surface area contributed by atoms with E-state index in [0.717, 1.165) is 25.7 Å². The van der Waals surface area contributed by atoms with Gasteiger partial charge in [-0.05, 0) is 31.9 Å². The lowest BCUT2D eigenvalue weighted by molar-refractivity contribution is -0.127. The number of carbonyl (C=O) groups is 1. The SMILES string of the molecule is CC(Oc1ccccc1)C(=O)NCCCCCCO. The van der Waals surface area contributed by atoms with E-state index in [1.165, 1.54) is 0 Å². The molecule has 4 heteroatoms. The van der Waals surface area contributed by atoms with Crippen LogP contribution in [0.4, 0.5) is 0 Å². The minimum Gasteiger partial charge on any atom is -0.481 e. The maximum Gasteiger partial charge on any atom is 0.260 e. The maximum absolute atomic E-state index is 11.8. The molecule has 2 N–H and O–H groups in total. The van der Waals surface area contributed by atoms with Crippen LogP contribution in [0.15, 0.2) is 30.3 Å². The number of hydrogen-bond donors (Lipinski definition) is 2. The van der Waals surface area contributed by atoms with Gasteiger partial charge >= 0.3 is 0 Å². The molecule has 0 spiro atoms. The number of nitrogens with one attached hydrogen (secondary N) is 1. The van der Waals surface area contributed by atoms with E-state index in [9.17, 15) is 4.79 Å². The van der Waals surface area contributed by atoms with Crippen LogP contribution in [0.2, 0.25) is 0 Å². The number of hydrogen-bond acceptors (Lipinski definition) is 3. The predicted molar refractivity (Wildman–Crippen MR) is 75.1 cm³/mol. The highest BCUT2D eigenvalue weighted by atomic mass is 16.5. The number of benzene rings is 1. The summed E-state index contributed by atoms with van der Waals surface area (Å²) in [6.45, 7) is 2.65. The molecule has 0 aliphatic heterocycles. The number of rotatable bonds is 9. The highest BCUT2D eigenvalue weighted by Gasteiger charge is 2.13. The zero-order chi connectivity index (χ0) is 13.9. The van der Waals surface area contributed by atoms with Crippen molar-refractivity contribution in [2.45, 2.75) is 38.7 Å². The minimum atomic E-state index is -0.486. The molecule has 1 amide bonds. The van der Waals surface area contributed by atoms with Crippen molar-refractivity contribution < 1.29 is 14.6 Å². The van der Waals surface area contributed by atoms with Crippen molar-refractivity contribution in [2.75, 3.05) is 13.2 Å². The molecule has 0 radical (unpaired) electrons. The Morgan fingerprint density at radius 1 is 1.21 bits per heavy atom. The number of amides is 1. The standard InChI is InChI=1S/C15H23NO3/c1-13(19-14-9-5-4-6-10-14)15(18)16-11-7-2-3-8-12-17/h4-6,9-10,13,17H,2-3,7-8,11-12H2,1H3,(H,16,18). The van der Waals surface area contributed by atoms with Gasteiger partial charge in [0, 0.05) is 13.2 Å². The van der Waals surface area contributed by atoms with Crippen molar-refractivity contribution in [3.8, 4) is 5.75 Å². The van der Waals surface area contributed by atoms with Crippen LogP contribution in [0.3, 0.4) is 0 Å². The van der Waals surface area contributed by atoms with Crippen LogP contribution in [-0.4, -0.2) is 30.3 Å². The van der Waals surface area contributed by atoms with Crippen molar-refractivity contribution in [1.82, 2.24) is 5.32 Å². The Balaban J connectivity index is 2.15. The molecule has 0 saturated heterocycles. The third-order valence-electron chi connectivity index (χ3n) is 2.81. The first kappa shape index (κ1) is 15.5. The Morgan fingerprint density at radius 3 is 2.58 bits per heavy atom. The van der Waals surface area contributed by atoms with E-state index >= 15 is 0 Å². The number of unbranched alkanes of at least 4 members (excludes halogenated alkanes) is 3. The Kier molecular flexibility index (Phi) is 7.66. The van der Waals surface area contributed by atoms with Crippen molar-refractivity contribution >= 4 is 5.91 Å². The molecule has 1 aromatic rings. The van der Waals surface area contributed by atoms with Gasteiger partial charge in [-0.2, -0.15) is 0 Å². The van der Waals surface area contributed by atoms with Crippen molar-refractivity contribution in [2.24, 2.45) is 0 Å². The molecule has 0 bridgehead atoms. The van der Waals surface area contributed by atoms with Gasteiger partial charge in [0.2, 0.25) is 0 Å². The first-order chi connectivity index (χ1) is 9.24. The summed E-state index contributed by atoms with van der Waals surface area (Å²) in [7, 11) is 0. The second-order valence-electron chi connectivity index (χ2n) is 4.50. The van der Waals surface area contributed by atoms with Crippen LogP contribution in [0.5, 0.6) is 5.75 Å². The maximum atomic E-state index is 11.8. The molecule has 0 aliphatic carbocycles. The van der Waals surface area contributed by atoms with E-state index < -0.39 is 6.10 Å². The van der Waals surface area contributed by atoms with Gasteiger partial charge in [-0.1, -0.05) is 31.0 Å². The van der Waals surface area contributed by atoms with Gasteiger partial charge in [-0.15, -0.1) is 0 Å². The van der Waals surface area contributed by atoms with Gasteiger partial charge < -0.3 is 15.2 Å². The van der Waals surface area contributed by atoms with Crippen LogP contribution in [0.25, 0.3) is 0 Å². The fraction of sp³-hybridized carbons (Fsp3) is 0.533. The topological polar surface area (TPSA) is 58.6 Å². The molecule has 0 fully saturated rings. The predicted octanol–water partition coefficient (Wildman–Crippen LogP) is 2.12. The lowest BCUT2D eigenvalue weighted by atomic mass is 10.2. The van der Waals surface area contributed by atoms with Crippen LogP contribution in [-0.2, 0) is 4.79 Å². The number of para-hydroxylation sites is 1. The average Bonchev–Trinajstić information content (AvgIpc) is 2.43. The number of aliphatic hydroxyl groups is 1. The highest BCUT2D eigenvalue weighted by molar-refractivity contribution is 5.80. The Morgan fingerprint density at radius 2 is 1.89 bits per heavy atom. The number of ether oxygens (including phenoxy) is 1. The van der Waals surface area contributed by atoms with Gasteiger partial charge in [-0.3, -0.25) is 4.79 Å². The van der Waals surface area contributed by atoms with E-state index in [1.54, 1.807) is 6.92 Å². The molecule has 4 nitrogen and oxygen atoms in total. The Labute approximate surface area is 114 Å². The fourth-order valence-electron chi connectivity index (χ4n) is 1.70. The highest BCUT2D eigenvalue weighted by Crippen LogP contribution is 2.10. The van der Waals surface area contributed by atoms with Crippen molar-refractivity contribution in [3.05, 3.63) is 30.3 Å². The molecule has 1 atom stereocenters. The Hall–Kier alpha value is -1.55. The molecule has 0 aromatic heterocycles. The summed E-state index contributed by atoms with van der Waals surface area (Å²) in [6, 6.07) is 9.32. The normalized spacial score (nSPS) is 11.9. The van der Waals surface area contributed by atoms with Crippen LogP contribution < -0.4 is 10.1 Å². The van der Waals surface area contributed by atoms with Crippen LogP contribution >= 0.6 is 0 Å². The quantitative estimate of drug-likeness (QED) is 0.672. The summed E-state index contributed by atoms with van der Waals surface area (Å²) in [5.74, 6) is 0.610. The second-order valence-corrected chi connectivity index (χ2v) is 4.50. The largest absolute Gasteiger partial charge is 0.481 e. The molecule has 1 unspecified atom stereocenters. The summed E-state index contributed by atoms with van der Waals surface area (Å²) >= 11 is 0. The lowest BCUT2D eigenvalue weighted by Gasteiger charge is -2.14. The molecule has 0 aliphatic rings. The fourth-order valence-corrected chi connectivity index (χ4v) is 1.70. The first-order valence-electron chi connectivity index (χ1n) is 6.84. The lowest BCUT2D eigenvalue weighted by Crippen LogP contribution is -2.36.